The number of fused-ring (bicyclic) bond motifs is 1. The van der Waals surface area contributed by atoms with Crippen molar-refractivity contribution < 1.29 is 13.2 Å². The van der Waals surface area contributed by atoms with Gasteiger partial charge in [0.05, 0.1) is 4.90 Å². The number of hydrogen-bond donors (Lipinski definition) is 3. The molecule has 2 aromatic rings. The van der Waals surface area contributed by atoms with E-state index in [-0.39, 0.29) is 29.6 Å². The summed E-state index contributed by atoms with van der Waals surface area (Å²) in [5.41, 5.74) is 10.3. The van der Waals surface area contributed by atoms with Crippen LogP contribution in [0.15, 0.2) is 52.4 Å². The van der Waals surface area contributed by atoms with Crippen LogP contribution in [0.25, 0.3) is 10.8 Å². The summed E-state index contributed by atoms with van der Waals surface area (Å²) in [6.45, 7) is 1.45. The number of guanidine groups is 1. The van der Waals surface area contributed by atoms with E-state index in [9.17, 15) is 13.2 Å². The van der Waals surface area contributed by atoms with Gasteiger partial charge in [0.25, 0.3) is 0 Å². The third-order valence-electron chi connectivity index (χ3n) is 3.36. The average Bonchev–Trinajstić information content (AvgIpc) is 2.51. The van der Waals surface area contributed by atoms with Crippen molar-refractivity contribution in [3.8, 4) is 0 Å². The molecule has 0 aromatic heterocycles. The molecule has 0 saturated heterocycles. The number of hydrogen-bond acceptors (Lipinski definition) is 4. The predicted octanol–water partition coefficient (Wildman–Crippen LogP) is 0.739. The zero-order valence-electron chi connectivity index (χ0n) is 13.3. The Labute approximate surface area is 140 Å². The minimum Gasteiger partial charge on any atom is -0.370 e. The summed E-state index contributed by atoms with van der Waals surface area (Å²) in [4.78, 5) is 15.5. The van der Waals surface area contributed by atoms with Crippen molar-refractivity contribution in [3.05, 3.63) is 42.5 Å². The fourth-order valence-corrected chi connectivity index (χ4v) is 3.57. The van der Waals surface area contributed by atoms with Gasteiger partial charge in [0.1, 0.15) is 6.54 Å². The first-order chi connectivity index (χ1) is 11.3. The molecular formula is C16H20N4O3S. The van der Waals surface area contributed by atoms with Gasteiger partial charge < -0.3 is 11.5 Å². The number of benzene rings is 2. The van der Waals surface area contributed by atoms with Crippen LogP contribution < -0.4 is 16.2 Å². The number of carbonyl (C=O) groups is 1. The standard InChI is InChI=1S/C16H20N4O3S/c1-11(8-14(21)10-19-16(17)18)20-24(22,23)15-7-6-12-4-2-3-5-13(12)9-15/h2-7,9,11,20H,8,10H2,1H3,(H4,17,18,19). The molecule has 0 saturated carbocycles. The number of carbonyl (C=O) groups excluding carboxylic acids is 1. The number of aliphatic imine (C=N–C) groups is 1. The molecule has 0 aliphatic rings. The summed E-state index contributed by atoms with van der Waals surface area (Å²) in [7, 11) is -3.72. The molecule has 24 heavy (non-hydrogen) atoms. The maximum absolute atomic E-state index is 12.4. The van der Waals surface area contributed by atoms with Crippen LogP contribution in [0.2, 0.25) is 0 Å². The van der Waals surface area contributed by atoms with Gasteiger partial charge in [-0.25, -0.2) is 18.1 Å². The number of nitrogens with zero attached hydrogens (tertiary/aromatic N) is 1. The number of nitrogens with two attached hydrogens (primary N) is 2. The predicted molar refractivity (Wildman–Crippen MR) is 94.0 cm³/mol. The second kappa shape index (κ2) is 7.41. The first kappa shape index (κ1) is 17.9. The number of nitrogens with one attached hydrogen (secondary N) is 1. The molecule has 0 aliphatic heterocycles. The van der Waals surface area contributed by atoms with E-state index in [2.05, 4.69) is 9.71 Å². The molecule has 0 fully saturated rings. The summed E-state index contributed by atoms with van der Waals surface area (Å²) in [5, 5.41) is 1.79. The van der Waals surface area contributed by atoms with Gasteiger partial charge in [-0.1, -0.05) is 30.3 Å². The van der Waals surface area contributed by atoms with Crippen LogP contribution in [0.1, 0.15) is 13.3 Å². The van der Waals surface area contributed by atoms with Crippen LogP contribution in [0.5, 0.6) is 0 Å². The zero-order chi connectivity index (χ0) is 17.7. The molecule has 0 heterocycles. The molecule has 1 atom stereocenters. The Bertz CT molecular complexity index is 874. The highest BCUT2D eigenvalue weighted by molar-refractivity contribution is 7.89. The largest absolute Gasteiger partial charge is 0.370 e. The van der Waals surface area contributed by atoms with Crippen molar-refractivity contribution in [2.24, 2.45) is 16.5 Å². The van der Waals surface area contributed by atoms with Gasteiger partial charge >= 0.3 is 0 Å². The molecule has 8 heteroatoms. The minimum atomic E-state index is -3.72. The first-order valence-electron chi connectivity index (χ1n) is 7.36. The van der Waals surface area contributed by atoms with Gasteiger partial charge in [-0.3, -0.25) is 4.79 Å². The van der Waals surface area contributed by atoms with E-state index in [1.54, 1.807) is 25.1 Å². The summed E-state index contributed by atoms with van der Waals surface area (Å²) in [6, 6.07) is 11.8. The van der Waals surface area contributed by atoms with E-state index in [1.807, 2.05) is 24.3 Å². The highest BCUT2D eigenvalue weighted by Crippen LogP contribution is 2.19. The average molecular weight is 348 g/mol. The molecule has 128 valence electrons. The normalized spacial score (nSPS) is 12.7. The van der Waals surface area contributed by atoms with Crippen LogP contribution in [0.4, 0.5) is 0 Å². The number of Topliss-reactive ketones (excluding diaryl/α,β-unsaturated/α-hetero) is 1. The van der Waals surface area contributed by atoms with E-state index in [4.69, 9.17) is 11.5 Å². The minimum absolute atomic E-state index is 0.00356. The smallest absolute Gasteiger partial charge is 0.240 e. The highest BCUT2D eigenvalue weighted by atomic mass is 32.2. The zero-order valence-corrected chi connectivity index (χ0v) is 14.1. The van der Waals surface area contributed by atoms with Gasteiger partial charge in [-0.2, -0.15) is 0 Å². The second-order valence-corrected chi connectivity index (χ2v) is 7.23. The maximum atomic E-state index is 12.4. The number of rotatable bonds is 7. The third-order valence-corrected chi connectivity index (χ3v) is 4.95. The van der Waals surface area contributed by atoms with Crippen molar-refractivity contribution in [1.82, 2.24) is 4.72 Å². The van der Waals surface area contributed by atoms with Crippen molar-refractivity contribution in [3.63, 3.8) is 0 Å². The SMILES string of the molecule is CC(CC(=O)CN=C(N)N)NS(=O)(=O)c1ccc2ccccc2c1. The van der Waals surface area contributed by atoms with Gasteiger partial charge in [0.15, 0.2) is 11.7 Å². The fourth-order valence-electron chi connectivity index (χ4n) is 2.29. The molecule has 0 amide bonds. The lowest BCUT2D eigenvalue weighted by molar-refractivity contribution is -0.118. The lowest BCUT2D eigenvalue weighted by atomic mass is 10.1. The quantitative estimate of drug-likeness (QED) is 0.502. The van der Waals surface area contributed by atoms with Gasteiger partial charge in [0.2, 0.25) is 10.0 Å². The molecule has 2 aromatic carbocycles. The Hall–Kier alpha value is -2.45. The molecule has 2 rings (SSSR count). The Morgan fingerprint density at radius 2 is 1.83 bits per heavy atom. The van der Waals surface area contributed by atoms with Gasteiger partial charge in [-0.15, -0.1) is 0 Å². The van der Waals surface area contributed by atoms with E-state index >= 15 is 0 Å². The maximum Gasteiger partial charge on any atom is 0.240 e. The number of ketones is 1. The van der Waals surface area contributed by atoms with Crippen LogP contribution >= 0.6 is 0 Å². The molecule has 0 aliphatic carbocycles. The fraction of sp³-hybridized carbons (Fsp3) is 0.250. The Kier molecular flexibility index (Phi) is 5.53. The Morgan fingerprint density at radius 1 is 1.17 bits per heavy atom. The second-order valence-electron chi connectivity index (χ2n) is 5.52. The van der Waals surface area contributed by atoms with Crippen LogP contribution in [0.3, 0.4) is 0 Å². The van der Waals surface area contributed by atoms with Crippen LogP contribution in [-0.2, 0) is 14.8 Å². The van der Waals surface area contributed by atoms with E-state index in [1.165, 1.54) is 0 Å². The highest BCUT2D eigenvalue weighted by Gasteiger charge is 2.19. The number of sulfonamides is 1. The molecule has 5 N–H and O–H groups in total. The Balaban J connectivity index is 2.09. The molecular weight excluding hydrogens is 328 g/mol. The van der Waals surface area contributed by atoms with Gasteiger partial charge in [0, 0.05) is 12.5 Å². The van der Waals surface area contributed by atoms with E-state index < -0.39 is 16.1 Å². The summed E-state index contributed by atoms with van der Waals surface area (Å²) < 4.78 is 27.4. The summed E-state index contributed by atoms with van der Waals surface area (Å²) in [5.74, 6) is -0.426. The van der Waals surface area contributed by atoms with E-state index in [0.717, 1.165) is 10.8 Å². The molecule has 0 radical (unpaired) electrons. The van der Waals surface area contributed by atoms with Crippen molar-refractivity contribution in [2.45, 2.75) is 24.3 Å². The van der Waals surface area contributed by atoms with Crippen molar-refractivity contribution in [2.75, 3.05) is 6.54 Å². The first-order valence-corrected chi connectivity index (χ1v) is 8.84. The summed E-state index contributed by atoms with van der Waals surface area (Å²) in [6.07, 6.45) is 0.00356. The van der Waals surface area contributed by atoms with Crippen molar-refractivity contribution >= 4 is 32.5 Å². The monoisotopic (exact) mass is 348 g/mol. The van der Waals surface area contributed by atoms with Crippen LogP contribution in [-0.4, -0.2) is 32.7 Å². The topological polar surface area (TPSA) is 128 Å². The van der Waals surface area contributed by atoms with Crippen LogP contribution in [0, 0.1) is 0 Å². The Morgan fingerprint density at radius 3 is 2.50 bits per heavy atom. The van der Waals surface area contributed by atoms with E-state index in [0.29, 0.717) is 0 Å². The molecule has 1 unspecified atom stereocenters. The third kappa shape index (κ3) is 4.77. The van der Waals surface area contributed by atoms with Gasteiger partial charge in [-0.05, 0) is 29.8 Å². The summed E-state index contributed by atoms with van der Waals surface area (Å²) >= 11 is 0. The molecule has 0 spiro atoms. The lowest BCUT2D eigenvalue weighted by Gasteiger charge is -2.13. The lowest BCUT2D eigenvalue weighted by Crippen LogP contribution is -2.35. The molecule has 7 nitrogen and oxygen atoms in total. The van der Waals surface area contributed by atoms with Crippen molar-refractivity contribution in [1.29, 1.82) is 0 Å². The molecule has 0 bridgehead atoms.